The normalized spacial score (nSPS) is 28.4. The van der Waals surface area contributed by atoms with Gasteiger partial charge < -0.3 is 5.73 Å². The van der Waals surface area contributed by atoms with Gasteiger partial charge in [0.25, 0.3) is 0 Å². The number of rotatable bonds is 7. The van der Waals surface area contributed by atoms with E-state index < -0.39 is 15.4 Å². The lowest BCUT2D eigenvalue weighted by atomic mass is 9.92. The van der Waals surface area contributed by atoms with E-state index in [4.69, 9.17) is 5.73 Å². The summed E-state index contributed by atoms with van der Waals surface area (Å²) in [6.45, 7) is 2.21. The lowest BCUT2D eigenvalue weighted by Crippen LogP contribution is -2.40. The van der Waals surface area contributed by atoms with Gasteiger partial charge in [-0.1, -0.05) is 45.4 Å². The second kappa shape index (κ2) is 6.01. The third-order valence-electron chi connectivity index (χ3n) is 3.45. The van der Waals surface area contributed by atoms with Gasteiger partial charge in [0.1, 0.15) is 0 Å². The average molecular weight is 247 g/mol. The molecule has 0 saturated carbocycles. The standard InChI is InChI=1S/C12H25NO2S/c1-2-3-4-5-6-7-8-12(13)9-10-16(14,15)11-12/h2-11,13H2,1H3. The molecule has 1 atom stereocenters. The van der Waals surface area contributed by atoms with Gasteiger partial charge in [-0.15, -0.1) is 0 Å². The number of hydrogen-bond donors (Lipinski definition) is 1. The molecule has 3 nitrogen and oxygen atoms in total. The van der Waals surface area contributed by atoms with Crippen LogP contribution in [0.5, 0.6) is 0 Å². The molecule has 96 valence electrons. The summed E-state index contributed by atoms with van der Waals surface area (Å²) in [4.78, 5) is 0. The Morgan fingerprint density at radius 1 is 1.12 bits per heavy atom. The van der Waals surface area contributed by atoms with Crippen molar-refractivity contribution in [2.24, 2.45) is 5.73 Å². The van der Waals surface area contributed by atoms with Crippen molar-refractivity contribution in [3.05, 3.63) is 0 Å². The van der Waals surface area contributed by atoms with E-state index in [1.54, 1.807) is 0 Å². The molecule has 1 aliphatic heterocycles. The van der Waals surface area contributed by atoms with Crippen LogP contribution >= 0.6 is 0 Å². The zero-order valence-corrected chi connectivity index (χ0v) is 11.2. The second-order valence-electron chi connectivity index (χ2n) is 5.22. The molecule has 0 aliphatic carbocycles. The molecule has 16 heavy (non-hydrogen) atoms. The van der Waals surface area contributed by atoms with Gasteiger partial charge in [-0.05, 0) is 12.8 Å². The van der Waals surface area contributed by atoms with Crippen LogP contribution in [0, 0.1) is 0 Å². The van der Waals surface area contributed by atoms with Crippen molar-refractivity contribution >= 4 is 9.84 Å². The highest BCUT2D eigenvalue weighted by molar-refractivity contribution is 7.91. The first-order valence-corrected chi connectivity index (χ1v) is 8.29. The number of nitrogens with two attached hydrogens (primary N) is 1. The van der Waals surface area contributed by atoms with E-state index >= 15 is 0 Å². The van der Waals surface area contributed by atoms with Gasteiger partial charge in [-0.3, -0.25) is 0 Å². The minimum Gasteiger partial charge on any atom is -0.324 e. The number of hydrogen-bond acceptors (Lipinski definition) is 3. The molecule has 0 aromatic heterocycles. The van der Waals surface area contributed by atoms with Crippen LogP contribution in [0.4, 0.5) is 0 Å². The van der Waals surface area contributed by atoms with Gasteiger partial charge in [0.05, 0.1) is 11.5 Å². The summed E-state index contributed by atoms with van der Waals surface area (Å²) in [5.74, 6) is 0.494. The van der Waals surface area contributed by atoms with Crippen LogP contribution in [0.2, 0.25) is 0 Å². The van der Waals surface area contributed by atoms with E-state index in [9.17, 15) is 8.42 Å². The Hall–Kier alpha value is -0.0900. The van der Waals surface area contributed by atoms with Crippen molar-refractivity contribution in [1.29, 1.82) is 0 Å². The van der Waals surface area contributed by atoms with Crippen molar-refractivity contribution in [3.8, 4) is 0 Å². The van der Waals surface area contributed by atoms with Crippen LogP contribution in [0.25, 0.3) is 0 Å². The van der Waals surface area contributed by atoms with E-state index in [0.29, 0.717) is 12.2 Å². The molecule has 1 fully saturated rings. The summed E-state index contributed by atoms with van der Waals surface area (Å²) in [5, 5.41) is 0. The predicted octanol–water partition coefficient (Wildman–Crippen LogP) is 2.25. The fourth-order valence-electron chi connectivity index (χ4n) is 2.40. The van der Waals surface area contributed by atoms with Crippen LogP contribution in [-0.4, -0.2) is 25.5 Å². The van der Waals surface area contributed by atoms with Gasteiger partial charge in [-0.25, -0.2) is 8.42 Å². The first-order chi connectivity index (χ1) is 7.47. The van der Waals surface area contributed by atoms with Crippen molar-refractivity contribution in [1.82, 2.24) is 0 Å². The summed E-state index contributed by atoms with van der Waals surface area (Å²) in [7, 11) is -2.83. The maximum atomic E-state index is 11.3. The van der Waals surface area contributed by atoms with Crippen LogP contribution < -0.4 is 5.73 Å². The Morgan fingerprint density at radius 3 is 2.31 bits per heavy atom. The third-order valence-corrected chi connectivity index (χ3v) is 5.29. The number of unbranched alkanes of at least 4 members (excludes halogenated alkanes) is 5. The lowest BCUT2D eigenvalue weighted by molar-refractivity contribution is 0.415. The molecule has 0 aromatic carbocycles. The first kappa shape index (κ1) is 14.0. The minimum atomic E-state index is -2.83. The fourth-order valence-corrected chi connectivity index (χ4v) is 4.42. The summed E-state index contributed by atoms with van der Waals surface area (Å²) in [5.41, 5.74) is 5.68. The largest absolute Gasteiger partial charge is 0.324 e. The van der Waals surface area contributed by atoms with E-state index in [2.05, 4.69) is 6.92 Å². The molecule has 0 amide bonds. The molecule has 1 unspecified atom stereocenters. The summed E-state index contributed by atoms with van der Waals surface area (Å²) in [6.07, 6.45) is 8.93. The number of sulfone groups is 1. The Labute approximate surface area is 99.7 Å². The molecule has 0 bridgehead atoms. The van der Waals surface area contributed by atoms with Crippen LogP contribution in [0.1, 0.15) is 58.3 Å². The molecule has 4 heteroatoms. The smallest absolute Gasteiger partial charge is 0.152 e. The Bertz CT molecular complexity index is 300. The molecule has 0 radical (unpaired) electrons. The summed E-state index contributed by atoms with van der Waals surface area (Å²) in [6, 6.07) is 0. The van der Waals surface area contributed by atoms with Gasteiger partial charge in [0.2, 0.25) is 0 Å². The van der Waals surface area contributed by atoms with Gasteiger partial charge in [-0.2, -0.15) is 0 Å². The highest BCUT2D eigenvalue weighted by atomic mass is 32.2. The molecule has 1 saturated heterocycles. The molecule has 0 spiro atoms. The summed E-state index contributed by atoms with van der Waals surface area (Å²) < 4.78 is 22.7. The highest BCUT2D eigenvalue weighted by Crippen LogP contribution is 2.26. The predicted molar refractivity (Wildman–Crippen MR) is 68.2 cm³/mol. The molecule has 1 heterocycles. The molecular formula is C12H25NO2S. The van der Waals surface area contributed by atoms with Crippen molar-refractivity contribution in [2.45, 2.75) is 63.8 Å². The second-order valence-corrected chi connectivity index (χ2v) is 7.41. The summed E-state index contributed by atoms with van der Waals surface area (Å²) >= 11 is 0. The maximum absolute atomic E-state index is 11.3. The zero-order valence-electron chi connectivity index (χ0n) is 10.4. The average Bonchev–Trinajstić information content (AvgIpc) is 2.47. The van der Waals surface area contributed by atoms with Gasteiger partial charge in [0, 0.05) is 5.54 Å². The van der Waals surface area contributed by atoms with Crippen molar-refractivity contribution < 1.29 is 8.42 Å². The lowest BCUT2D eigenvalue weighted by Gasteiger charge is -2.21. The van der Waals surface area contributed by atoms with Crippen molar-refractivity contribution in [2.75, 3.05) is 11.5 Å². The van der Waals surface area contributed by atoms with Crippen LogP contribution in [0.3, 0.4) is 0 Å². The topological polar surface area (TPSA) is 60.2 Å². The Balaban J connectivity index is 2.13. The fraction of sp³-hybridized carbons (Fsp3) is 1.00. The van der Waals surface area contributed by atoms with E-state index in [0.717, 1.165) is 12.8 Å². The maximum Gasteiger partial charge on any atom is 0.152 e. The molecular weight excluding hydrogens is 222 g/mol. The zero-order chi connectivity index (χ0) is 12.1. The van der Waals surface area contributed by atoms with Crippen LogP contribution in [0.15, 0.2) is 0 Å². The van der Waals surface area contributed by atoms with E-state index in [1.807, 2.05) is 0 Å². The Morgan fingerprint density at radius 2 is 1.75 bits per heavy atom. The Kier molecular flexibility index (Phi) is 5.25. The highest BCUT2D eigenvalue weighted by Gasteiger charge is 2.38. The van der Waals surface area contributed by atoms with E-state index in [-0.39, 0.29) is 5.75 Å². The third kappa shape index (κ3) is 4.83. The van der Waals surface area contributed by atoms with Gasteiger partial charge in [0.15, 0.2) is 9.84 Å². The van der Waals surface area contributed by atoms with Crippen molar-refractivity contribution in [3.63, 3.8) is 0 Å². The molecule has 2 N–H and O–H groups in total. The minimum absolute atomic E-state index is 0.203. The van der Waals surface area contributed by atoms with Crippen LogP contribution in [-0.2, 0) is 9.84 Å². The van der Waals surface area contributed by atoms with Gasteiger partial charge >= 0.3 is 0 Å². The van der Waals surface area contributed by atoms with E-state index in [1.165, 1.54) is 32.1 Å². The SMILES string of the molecule is CCCCCCCCC1(N)CCS(=O)(=O)C1. The quantitative estimate of drug-likeness (QED) is 0.702. The first-order valence-electron chi connectivity index (χ1n) is 6.47. The molecule has 1 aliphatic rings. The monoisotopic (exact) mass is 247 g/mol. The molecule has 0 aromatic rings. The molecule has 1 rings (SSSR count).